The molecule has 0 amide bonds. The first-order chi connectivity index (χ1) is 12.4. The van der Waals surface area contributed by atoms with E-state index in [4.69, 9.17) is 9.47 Å². The van der Waals surface area contributed by atoms with Crippen LogP contribution in [-0.2, 0) is 28.9 Å². The van der Waals surface area contributed by atoms with E-state index in [1.807, 2.05) is 6.92 Å². The maximum Gasteiger partial charge on any atom is 0.421 e. The van der Waals surface area contributed by atoms with Gasteiger partial charge in [-0.1, -0.05) is 13.3 Å². The summed E-state index contributed by atoms with van der Waals surface area (Å²) in [6, 6.07) is 0. The molecule has 3 aliphatic rings. The van der Waals surface area contributed by atoms with E-state index in [2.05, 4.69) is 8.75 Å². The second-order valence-electron chi connectivity index (χ2n) is 6.93. The Hall–Kier alpha value is -1.59. The lowest BCUT2D eigenvalue weighted by Crippen LogP contribution is -2.51. The Kier molecular flexibility index (Phi) is 4.27. The molecule has 0 aromatic carbocycles. The molecule has 0 radical (unpaired) electrons. The fourth-order valence-corrected chi connectivity index (χ4v) is 6.47. The molecule has 4 rings (SSSR count). The largest absolute Gasteiger partial charge is 0.421 e. The molecule has 142 valence electrons. The summed E-state index contributed by atoms with van der Waals surface area (Å²) in [5.74, 6) is -3.23. The third-order valence-electron chi connectivity index (χ3n) is 5.32. The first-order valence-electron chi connectivity index (χ1n) is 8.63. The first-order valence-corrected chi connectivity index (χ1v) is 11.0. The number of rotatable bonds is 5. The molecule has 26 heavy (non-hydrogen) atoms. The molecule has 9 nitrogen and oxygen atoms in total. The summed E-state index contributed by atoms with van der Waals surface area (Å²) >= 11 is 0.904. The van der Waals surface area contributed by atoms with Gasteiger partial charge in [-0.2, -0.15) is 8.75 Å². The smallest absolute Gasteiger partial charge is 0.400 e. The fourth-order valence-electron chi connectivity index (χ4n) is 3.96. The number of nitrogens with zero attached hydrogens (tertiary/aromatic N) is 3. The minimum absolute atomic E-state index is 0.0577. The Balaban J connectivity index is 1.60. The van der Waals surface area contributed by atoms with Crippen molar-refractivity contribution in [3.8, 4) is 0 Å². The Morgan fingerprint density at radius 2 is 1.96 bits per heavy atom. The minimum Gasteiger partial charge on any atom is -0.400 e. The highest BCUT2D eigenvalue weighted by molar-refractivity contribution is 7.91. The summed E-state index contributed by atoms with van der Waals surface area (Å²) in [5.41, 5.74) is 0.492. The summed E-state index contributed by atoms with van der Waals surface area (Å²) in [7, 11) is -3.47. The molecule has 0 N–H and O–H groups in total. The molecular formula is C15H19N3O6S2. The monoisotopic (exact) mass is 401 g/mol. The van der Waals surface area contributed by atoms with Crippen molar-refractivity contribution in [2.24, 2.45) is 5.92 Å². The average molecular weight is 401 g/mol. The first kappa shape index (κ1) is 17.8. The number of hydrogen-bond donors (Lipinski definition) is 0. The van der Waals surface area contributed by atoms with Crippen LogP contribution in [0.25, 0.3) is 0 Å². The number of sulfone groups is 1. The van der Waals surface area contributed by atoms with Crippen LogP contribution in [0, 0.1) is 5.92 Å². The van der Waals surface area contributed by atoms with Crippen LogP contribution in [0.3, 0.4) is 0 Å². The van der Waals surface area contributed by atoms with Gasteiger partial charge in [-0.15, -0.1) is 0 Å². The van der Waals surface area contributed by atoms with Gasteiger partial charge in [0.1, 0.15) is 0 Å². The molecule has 4 heterocycles. The number of ether oxygens (including phenoxy) is 2. The predicted molar refractivity (Wildman–Crippen MR) is 88.8 cm³/mol. The molecule has 3 aliphatic heterocycles. The van der Waals surface area contributed by atoms with E-state index in [9.17, 15) is 18.0 Å². The molecule has 0 saturated carbocycles. The molecule has 3 fully saturated rings. The van der Waals surface area contributed by atoms with Crippen molar-refractivity contribution >= 4 is 33.5 Å². The van der Waals surface area contributed by atoms with Gasteiger partial charge in [0.2, 0.25) is 0 Å². The molecule has 1 spiro atoms. The number of unbranched alkanes of at least 4 members (excludes halogenated alkanes) is 1. The predicted octanol–water partition coefficient (Wildman–Crippen LogP) is 0.675. The highest BCUT2D eigenvalue weighted by Gasteiger charge is 2.60. The van der Waals surface area contributed by atoms with Gasteiger partial charge in [0.05, 0.1) is 23.2 Å². The SMILES string of the molecule is CCCCS(=O)(=O)c1nsnc1[C@@H]1CN2C[C@H]1CCC21OC(=O)C(=O)O1. The van der Waals surface area contributed by atoms with Gasteiger partial charge < -0.3 is 9.47 Å². The lowest BCUT2D eigenvalue weighted by atomic mass is 9.88. The number of piperidine rings is 1. The highest BCUT2D eigenvalue weighted by Crippen LogP contribution is 2.48. The maximum absolute atomic E-state index is 12.6. The van der Waals surface area contributed by atoms with Gasteiger partial charge in [-0.25, -0.2) is 22.9 Å². The van der Waals surface area contributed by atoms with E-state index >= 15 is 0 Å². The number of esters is 2. The average Bonchev–Trinajstić information content (AvgIpc) is 3.28. The van der Waals surface area contributed by atoms with Crippen molar-refractivity contribution < 1.29 is 27.5 Å². The quantitative estimate of drug-likeness (QED) is 0.518. The zero-order valence-corrected chi connectivity index (χ0v) is 15.8. The van der Waals surface area contributed by atoms with E-state index in [0.717, 1.165) is 18.1 Å². The van der Waals surface area contributed by atoms with Crippen LogP contribution in [0.2, 0.25) is 0 Å². The standard InChI is InChI=1S/C15H19N3O6S2/c1-2-3-6-26(21,22)12-11(16-25-17-12)10-8-18-7-9(10)4-5-15(18)23-13(19)14(20)24-15/h9-10H,2-8H2,1H3/t9-,10-/m1/s1. The van der Waals surface area contributed by atoms with Crippen LogP contribution in [0.15, 0.2) is 5.03 Å². The fraction of sp³-hybridized carbons (Fsp3) is 0.733. The zero-order chi connectivity index (χ0) is 18.5. The van der Waals surface area contributed by atoms with Gasteiger partial charge in [0.25, 0.3) is 0 Å². The van der Waals surface area contributed by atoms with Crippen LogP contribution in [0.5, 0.6) is 0 Å². The van der Waals surface area contributed by atoms with Gasteiger partial charge in [0, 0.05) is 25.4 Å². The molecule has 1 aromatic heterocycles. The second-order valence-corrected chi connectivity index (χ2v) is 9.48. The van der Waals surface area contributed by atoms with Crippen LogP contribution in [0.1, 0.15) is 44.2 Å². The molecule has 3 saturated heterocycles. The Morgan fingerprint density at radius 1 is 1.23 bits per heavy atom. The maximum atomic E-state index is 12.6. The van der Waals surface area contributed by atoms with Crippen molar-refractivity contribution in [3.63, 3.8) is 0 Å². The molecular weight excluding hydrogens is 382 g/mol. The van der Waals surface area contributed by atoms with E-state index < -0.39 is 27.7 Å². The van der Waals surface area contributed by atoms with Crippen molar-refractivity contribution in [3.05, 3.63) is 5.69 Å². The number of carbonyl (C=O) groups is 2. The van der Waals surface area contributed by atoms with Gasteiger partial charge in [0.15, 0.2) is 14.9 Å². The van der Waals surface area contributed by atoms with Crippen molar-refractivity contribution in [1.82, 2.24) is 13.6 Å². The van der Waals surface area contributed by atoms with E-state index in [0.29, 0.717) is 38.0 Å². The minimum atomic E-state index is -3.47. The molecule has 2 bridgehead atoms. The zero-order valence-electron chi connectivity index (χ0n) is 14.2. The van der Waals surface area contributed by atoms with Crippen LogP contribution in [0.4, 0.5) is 0 Å². The molecule has 11 heteroatoms. The van der Waals surface area contributed by atoms with Crippen molar-refractivity contribution in [2.75, 3.05) is 18.8 Å². The van der Waals surface area contributed by atoms with Crippen molar-refractivity contribution in [2.45, 2.75) is 49.5 Å². The van der Waals surface area contributed by atoms with E-state index in [-0.39, 0.29) is 22.6 Å². The Bertz CT molecular complexity index is 835. The summed E-state index contributed by atoms with van der Waals surface area (Å²) < 4.78 is 44.0. The number of carbonyl (C=O) groups excluding carboxylic acids is 2. The van der Waals surface area contributed by atoms with E-state index in [1.54, 1.807) is 4.90 Å². The lowest BCUT2D eigenvalue weighted by molar-refractivity contribution is -0.257. The summed E-state index contributed by atoms with van der Waals surface area (Å²) in [6.45, 7) is 2.90. The summed E-state index contributed by atoms with van der Waals surface area (Å²) in [4.78, 5) is 24.8. The third-order valence-corrected chi connectivity index (χ3v) is 7.69. The summed E-state index contributed by atoms with van der Waals surface area (Å²) in [6.07, 6.45) is 2.38. The van der Waals surface area contributed by atoms with Crippen LogP contribution in [-0.4, -0.2) is 58.8 Å². The number of hydrogen-bond acceptors (Lipinski definition) is 10. The van der Waals surface area contributed by atoms with Gasteiger partial charge >= 0.3 is 17.8 Å². The molecule has 0 aliphatic carbocycles. The highest BCUT2D eigenvalue weighted by atomic mass is 32.2. The normalized spacial score (nSPS) is 29.8. The molecule has 1 unspecified atom stereocenters. The topological polar surface area (TPSA) is 116 Å². The second kappa shape index (κ2) is 6.24. The third kappa shape index (κ3) is 2.72. The van der Waals surface area contributed by atoms with Crippen molar-refractivity contribution in [1.29, 1.82) is 0 Å². The van der Waals surface area contributed by atoms with Gasteiger partial charge in [-0.3, -0.25) is 0 Å². The summed E-state index contributed by atoms with van der Waals surface area (Å²) in [5, 5.41) is 0.0733. The number of fused-ring (bicyclic) bond motifs is 3. The molecule has 1 aromatic rings. The Labute approximate surface area is 154 Å². The molecule has 3 atom stereocenters. The van der Waals surface area contributed by atoms with E-state index in [1.165, 1.54) is 0 Å². The van der Waals surface area contributed by atoms with Gasteiger partial charge in [-0.05, 0) is 18.8 Å². The lowest BCUT2D eigenvalue weighted by Gasteiger charge is -2.37. The van der Waals surface area contributed by atoms with Crippen LogP contribution < -0.4 is 0 Å². The number of aromatic nitrogens is 2. The van der Waals surface area contributed by atoms with Crippen LogP contribution >= 0.6 is 11.7 Å². The Morgan fingerprint density at radius 3 is 2.65 bits per heavy atom.